The molecule has 346 valence electrons. The van der Waals surface area contributed by atoms with Gasteiger partial charge in [-0.25, -0.2) is 0 Å². The number of ether oxygens (including phenoxy) is 3. The highest BCUT2D eigenvalue weighted by Gasteiger charge is 2.19. The van der Waals surface area contributed by atoms with Gasteiger partial charge in [0.15, 0.2) is 6.10 Å². The summed E-state index contributed by atoms with van der Waals surface area (Å²) in [6, 6.07) is 0. The summed E-state index contributed by atoms with van der Waals surface area (Å²) >= 11 is 0. The lowest BCUT2D eigenvalue weighted by molar-refractivity contribution is -0.167. The third-order valence-corrected chi connectivity index (χ3v) is 10.7. The molecule has 1 atom stereocenters. The highest BCUT2D eigenvalue weighted by atomic mass is 16.6. The molecular weight excluding hydrogens is 745 g/mol. The van der Waals surface area contributed by atoms with Crippen molar-refractivity contribution < 1.29 is 28.6 Å². The van der Waals surface area contributed by atoms with Crippen LogP contribution in [-0.2, 0) is 28.6 Å². The first-order valence-electron chi connectivity index (χ1n) is 25.3. The van der Waals surface area contributed by atoms with Gasteiger partial charge in [-0.05, 0) is 109 Å². The van der Waals surface area contributed by atoms with Crippen LogP contribution in [0.1, 0.15) is 245 Å². The summed E-state index contributed by atoms with van der Waals surface area (Å²) in [5.74, 6) is -0.949. The number of carbonyl (C=O) groups excluding carboxylic acids is 3. The molecule has 0 saturated heterocycles. The molecule has 0 aromatic carbocycles. The lowest BCUT2D eigenvalue weighted by Crippen LogP contribution is -2.30. The van der Waals surface area contributed by atoms with Gasteiger partial charge in [0.1, 0.15) is 13.2 Å². The average molecular weight is 839 g/mol. The maximum atomic E-state index is 12.8. The smallest absolute Gasteiger partial charge is 0.306 e. The van der Waals surface area contributed by atoms with Crippen molar-refractivity contribution >= 4 is 17.9 Å². The molecule has 0 aromatic heterocycles. The van der Waals surface area contributed by atoms with Gasteiger partial charge in [0.05, 0.1) is 0 Å². The Balaban J connectivity index is 4.46. The molecule has 6 heteroatoms. The zero-order chi connectivity index (χ0) is 43.7. The summed E-state index contributed by atoms with van der Waals surface area (Å²) in [7, 11) is 0. The number of unbranched alkanes of at least 4 members (excludes halogenated alkanes) is 24. The second-order valence-electron chi connectivity index (χ2n) is 16.7. The first kappa shape index (κ1) is 57.1. The van der Waals surface area contributed by atoms with Gasteiger partial charge in [-0.15, -0.1) is 0 Å². The molecule has 0 heterocycles. The maximum absolute atomic E-state index is 12.8. The number of hydrogen-bond acceptors (Lipinski definition) is 6. The molecule has 0 aliphatic carbocycles. The Labute approximate surface area is 370 Å². The number of allylic oxidation sites excluding steroid dienone is 10. The number of hydrogen-bond donors (Lipinski definition) is 0. The highest BCUT2D eigenvalue weighted by Crippen LogP contribution is 2.13. The molecule has 0 saturated carbocycles. The molecule has 0 aliphatic rings. The first-order chi connectivity index (χ1) is 29.5. The summed E-state index contributed by atoms with van der Waals surface area (Å²) in [5.41, 5.74) is 0. The third-order valence-electron chi connectivity index (χ3n) is 10.7. The Bertz CT molecular complexity index is 1100. The van der Waals surface area contributed by atoms with E-state index in [0.717, 1.165) is 89.9 Å². The fourth-order valence-corrected chi connectivity index (χ4v) is 6.85. The zero-order valence-corrected chi connectivity index (χ0v) is 39.5. The molecule has 0 spiro atoms. The molecule has 0 N–H and O–H groups in total. The van der Waals surface area contributed by atoms with Gasteiger partial charge < -0.3 is 14.2 Å². The van der Waals surface area contributed by atoms with E-state index >= 15 is 0 Å². The minimum atomic E-state index is -0.795. The van der Waals surface area contributed by atoms with Crippen LogP contribution in [0.2, 0.25) is 0 Å². The molecule has 0 aliphatic heterocycles. The van der Waals surface area contributed by atoms with Crippen molar-refractivity contribution in [3.63, 3.8) is 0 Å². The molecule has 60 heavy (non-hydrogen) atoms. The van der Waals surface area contributed by atoms with E-state index < -0.39 is 6.10 Å². The SMILES string of the molecule is CCCCC/C=C\C/C=C\C/C=C\CCCCC(=O)OC[C@@H](COC(=O)CCCCCCC/C=C\CCCCC)OC(=O)CCCCCCC/C=C\CCCCCCCC. The fraction of sp³-hybridized carbons (Fsp3) is 0.759. The van der Waals surface area contributed by atoms with Crippen molar-refractivity contribution in [2.24, 2.45) is 0 Å². The van der Waals surface area contributed by atoms with Gasteiger partial charge >= 0.3 is 17.9 Å². The Morgan fingerprint density at radius 3 is 1.02 bits per heavy atom. The fourth-order valence-electron chi connectivity index (χ4n) is 6.85. The minimum Gasteiger partial charge on any atom is -0.462 e. The summed E-state index contributed by atoms with van der Waals surface area (Å²) < 4.78 is 16.7. The van der Waals surface area contributed by atoms with Gasteiger partial charge in [0.2, 0.25) is 0 Å². The Hall–Kier alpha value is -2.89. The normalized spacial score (nSPS) is 12.5. The molecule has 0 radical (unpaired) electrons. The lowest BCUT2D eigenvalue weighted by Gasteiger charge is -2.18. The van der Waals surface area contributed by atoms with Crippen molar-refractivity contribution in [3.8, 4) is 0 Å². The Kier molecular flexibility index (Phi) is 46.4. The van der Waals surface area contributed by atoms with Crippen molar-refractivity contribution in [2.45, 2.75) is 252 Å². The van der Waals surface area contributed by atoms with E-state index in [1.165, 1.54) is 116 Å². The molecule has 0 amide bonds. The average Bonchev–Trinajstić information content (AvgIpc) is 3.24. The maximum Gasteiger partial charge on any atom is 0.306 e. The van der Waals surface area contributed by atoms with Crippen LogP contribution < -0.4 is 0 Å². The van der Waals surface area contributed by atoms with Crippen LogP contribution in [0.5, 0.6) is 0 Å². The summed E-state index contributed by atoms with van der Waals surface area (Å²) in [4.78, 5) is 37.9. The lowest BCUT2D eigenvalue weighted by atomic mass is 10.1. The van der Waals surface area contributed by atoms with Crippen molar-refractivity contribution in [1.82, 2.24) is 0 Å². The van der Waals surface area contributed by atoms with Gasteiger partial charge in [-0.2, -0.15) is 0 Å². The Morgan fingerprint density at radius 2 is 0.600 bits per heavy atom. The second kappa shape index (κ2) is 48.8. The van der Waals surface area contributed by atoms with Gasteiger partial charge in [0, 0.05) is 19.3 Å². The molecular formula is C54H94O6. The van der Waals surface area contributed by atoms with Gasteiger partial charge in [0.25, 0.3) is 0 Å². The minimum absolute atomic E-state index is 0.0939. The third kappa shape index (κ3) is 46.2. The van der Waals surface area contributed by atoms with E-state index in [2.05, 4.69) is 81.5 Å². The summed E-state index contributed by atoms with van der Waals surface area (Å²) in [6.45, 7) is 6.53. The van der Waals surface area contributed by atoms with Crippen molar-refractivity contribution in [3.05, 3.63) is 60.8 Å². The molecule has 0 aromatic rings. The first-order valence-corrected chi connectivity index (χ1v) is 25.3. The molecule has 0 unspecified atom stereocenters. The topological polar surface area (TPSA) is 78.9 Å². The van der Waals surface area contributed by atoms with Crippen LogP contribution in [0.25, 0.3) is 0 Å². The van der Waals surface area contributed by atoms with E-state index in [1.807, 2.05) is 0 Å². The van der Waals surface area contributed by atoms with Crippen LogP contribution in [0.4, 0.5) is 0 Å². The number of carbonyl (C=O) groups is 3. The number of rotatable bonds is 45. The Morgan fingerprint density at radius 1 is 0.333 bits per heavy atom. The van der Waals surface area contributed by atoms with Crippen LogP contribution in [0.3, 0.4) is 0 Å². The second-order valence-corrected chi connectivity index (χ2v) is 16.7. The predicted molar refractivity (Wildman–Crippen MR) is 256 cm³/mol. The van der Waals surface area contributed by atoms with E-state index in [9.17, 15) is 14.4 Å². The van der Waals surface area contributed by atoms with E-state index in [0.29, 0.717) is 19.3 Å². The summed E-state index contributed by atoms with van der Waals surface area (Å²) in [5, 5.41) is 0. The zero-order valence-electron chi connectivity index (χ0n) is 39.5. The quantitative estimate of drug-likeness (QED) is 0.0263. The van der Waals surface area contributed by atoms with Crippen LogP contribution in [-0.4, -0.2) is 37.2 Å². The predicted octanol–water partition coefficient (Wildman–Crippen LogP) is 16.5. The van der Waals surface area contributed by atoms with Crippen LogP contribution in [0, 0.1) is 0 Å². The van der Waals surface area contributed by atoms with Crippen molar-refractivity contribution in [1.29, 1.82) is 0 Å². The van der Waals surface area contributed by atoms with E-state index in [4.69, 9.17) is 14.2 Å². The number of esters is 3. The molecule has 0 fully saturated rings. The standard InChI is InChI=1S/C54H94O6/c1-4-7-10-13-16-19-22-25-27-29-32-35-38-41-44-47-53(56)59-50-51(49-58-52(55)46-43-40-37-34-31-24-21-18-15-12-9-6-3)60-54(57)48-45-42-39-36-33-30-28-26-23-20-17-14-11-8-5-2/h16,18-19,21,25-28,32,35,51H,4-15,17,20,22-24,29-31,33-34,36-50H2,1-3H3/b19-16-,21-18-,27-25-,28-26-,35-32-/t51-/m1/s1. The monoisotopic (exact) mass is 839 g/mol. The summed E-state index contributed by atoms with van der Waals surface area (Å²) in [6.07, 6.45) is 59.1. The van der Waals surface area contributed by atoms with Gasteiger partial charge in [-0.1, -0.05) is 178 Å². The van der Waals surface area contributed by atoms with E-state index in [-0.39, 0.29) is 31.1 Å². The largest absolute Gasteiger partial charge is 0.462 e. The van der Waals surface area contributed by atoms with Crippen molar-refractivity contribution in [2.75, 3.05) is 13.2 Å². The van der Waals surface area contributed by atoms with Gasteiger partial charge in [-0.3, -0.25) is 14.4 Å². The highest BCUT2D eigenvalue weighted by molar-refractivity contribution is 5.71. The van der Waals surface area contributed by atoms with Crippen LogP contribution >= 0.6 is 0 Å². The van der Waals surface area contributed by atoms with E-state index in [1.54, 1.807) is 0 Å². The molecule has 0 rings (SSSR count). The van der Waals surface area contributed by atoms with Crippen LogP contribution in [0.15, 0.2) is 60.8 Å². The molecule has 6 nitrogen and oxygen atoms in total. The molecule has 0 bridgehead atoms.